The first-order valence-corrected chi connectivity index (χ1v) is 16.9. The smallest absolute Gasteiger partial charge is 0.328 e. The molecule has 0 aliphatic heterocycles. The molecule has 3 aromatic carbocycles. The highest BCUT2D eigenvalue weighted by Crippen LogP contribution is 2.26. The summed E-state index contributed by atoms with van der Waals surface area (Å²) in [5.74, 6) is -1.60. The number of hydrogen-bond donors (Lipinski definition) is 4. The topological polar surface area (TPSA) is 135 Å². The molecule has 10 nitrogen and oxygen atoms in total. The Bertz CT molecular complexity index is 1560. The Morgan fingerprint density at radius 3 is 1.55 bits per heavy atom. The van der Waals surface area contributed by atoms with E-state index >= 15 is 0 Å². The Balaban J connectivity index is 0.000000343. The van der Waals surface area contributed by atoms with E-state index < -0.39 is 36.1 Å². The van der Waals surface area contributed by atoms with Crippen molar-refractivity contribution in [1.29, 1.82) is 0 Å². The lowest BCUT2D eigenvalue weighted by molar-refractivity contribution is -0.146. The van der Waals surface area contributed by atoms with Gasteiger partial charge in [-0.25, -0.2) is 9.59 Å². The summed E-state index contributed by atoms with van der Waals surface area (Å²) in [7, 11) is 2.60. The summed E-state index contributed by atoms with van der Waals surface area (Å²) in [6.45, 7) is 7.22. The summed E-state index contributed by atoms with van der Waals surface area (Å²) in [6, 6.07) is 16.8. The molecule has 0 unspecified atom stereocenters. The van der Waals surface area contributed by atoms with Crippen molar-refractivity contribution in [2.24, 2.45) is 5.92 Å². The van der Waals surface area contributed by atoms with Crippen molar-refractivity contribution in [3.63, 3.8) is 0 Å². The molecule has 0 aliphatic rings. The third kappa shape index (κ3) is 13.6. The minimum atomic E-state index is -0.770. The van der Waals surface area contributed by atoms with Crippen LogP contribution in [0.2, 0.25) is 20.1 Å². The molecular formula is C35H42Cl4N4O6. The number of carbonyl (C=O) groups is 4. The van der Waals surface area contributed by atoms with Crippen molar-refractivity contribution in [1.82, 2.24) is 10.6 Å². The number of nitrogens with one attached hydrogen (secondary N) is 4. The minimum Gasteiger partial charge on any atom is -0.467 e. The van der Waals surface area contributed by atoms with Crippen LogP contribution in [0.15, 0.2) is 66.7 Å². The lowest BCUT2D eigenvalue weighted by Gasteiger charge is -2.24. The van der Waals surface area contributed by atoms with Crippen molar-refractivity contribution >= 4 is 81.5 Å². The molecule has 0 radical (unpaired) electrons. The summed E-state index contributed by atoms with van der Waals surface area (Å²) in [4.78, 5) is 48.6. The number of esters is 2. The number of carbonyl (C=O) groups excluding carboxylic acids is 4. The minimum absolute atomic E-state index is 0.0245. The summed E-state index contributed by atoms with van der Waals surface area (Å²) in [5, 5.41) is 13.2. The van der Waals surface area contributed by atoms with E-state index in [1.54, 1.807) is 50.2 Å². The number of hydrogen-bond acceptors (Lipinski definition) is 8. The Labute approximate surface area is 307 Å². The zero-order valence-electron chi connectivity index (χ0n) is 28.1. The fourth-order valence-electron chi connectivity index (χ4n) is 4.36. The van der Waals surface area contributed by atoms with E-state index in [9.17, 15) is 19.2 Å². The van der Waals surface area contributed by atoms with Crippen LogP contribution in [0, 0.1) is 5.92 Å². The fraction of sp³-hybridized carbons (Fsp3) is 0.371. The zero-order valence-corrected chi connectivity index (χ0v) is 31.1. The largest absolute Gasteiger partial charge is 0.467 e. The second-order valence-corrected chi connectivity index (χ2v) is 12.8. The van der Waals surface area contributed by atoms with Gasteiger partial charge in [-0.05, 0) is 61.7 Å². The first-order chi connectivity index (χ1) is 23.2. The molecule has 0 aromatic heterocycles. The van der Waals surface area contributed by atoms with Crippen molar-refractivity contribution in [3.8, 4) is 0 Å². The van der Waals surface area contributed by atoms with Gasteiger partial charge < -0.3 is 30.7 Å². The Morgan fingerprint density at radius 1 is 0.653 bits per heavy atom. The van der Waals surface area contributed by atoms with E-state index in [1.807, 2.05) is 44.2 Å². The van der Waals surface area contributed by atoms with Gasteiger partial charge >= 0.3 is 11.9 Å². The lowest BCUT2D eigenvalue weighted by Crippen LogP contribution is -2.50. The van der Waals surface area contributed by atoms with Gasteiger partial charge in [0, 0.05) is 17.8 Å². The monoisotopic (exact) mass is 754 g/mol. The van der Waals surface area contributed by atoms with Gasteiger partial charge in [-0.15, -0.1) is 0 Å². The molecule has 0 spiro atoms. The van der Waals surface area contributed by atoms with Crippen LogP contribution in [-0.2, 0) is 35.1 Å². The Hall–Kier alpha value is -3.70. The molecule has 266 valence electrons. The number of benzene rings is 3. The van der Waals surface area contributed by atoms with E-state index in [0.717, 1.165) is 12.0 Å². The standard InChI is InChI=1S/C19H20Cl2N2O3.C16H22Cl2N2O3/c1-12(22-14-8-9-15(20)16(21)11-14)18(24)23-17(19(25)26-2)10-13-6-4-3-5-7-13;1-5-9(2)14(16(22)23-4)20-15(21)10(3)19-11-6-7-12(17)13(18)8-11/h3-9,11-12,17,22H,10H2,1-2H3,(H,23,24);6-10,14,19H,5H2,1-4H3,(H,20,21)/t12-,17-;9-,10-,14-/m00/s1. The Morgan fingerprint density at radius 2 is 1.12 bits per heavy atom. The number of halogens is 4. The van der Waals surface area contributed by atoms with Crippen LogP contribution in [0.3, 0.4) is 0 Å². The molecule has 0 saturated carbocycles. The van der Waals surface area contributed by atoms with Gasteiger partial charge in [0.25, 0.3) is 0 Å². The van der Waals surface area contributed by atoms with E-state index in [1.165, 1.54) is 14.2 Å². The first-order valence-electron chi connectivity index (χ1n) is 15.4. The van der Waals surface area contributed by atoms with Gasteiger partial charge in [0.1, 0.15) is 24.2 Å². The molecule has 5 atom stereocenters. The third-order valence-electron chi connectivity index (χ3n) is 7.44. The highest BCUT2D eigenvalue weighted by molar-refractivity contribution is 6.42. The molecular weight excluding hydrogens is 714 g/mol. The van der Waals surface area contributed by atoms with Crippen LogP contribution in [0.25, 0.3) is 0 Å². The van der Waals surface area contributed by atoms with Gasteiger partial charge in [-0.1, -0.05) is 97.0 Å². The lowest BCUT2D eigenvalue weighted by atomic mass is 9.99. The van der Waals surface area contributed by atoms with Crippen LogP contribution in [-0.4, -0.2) is 62.1 Å². The second-order valence-electron chi connectivity index (χ2n) is 11.2. The van der Waals surface area contributed by atoms with Crippen molar-refractivity contribution in [2.75, 3.05) is 24.9 Å². The normalized spacial score (nSPS) is 13.6. The molecule has 2 amide bonds. The number of amides is 2. The molecule has 0 fully saturated rings. The van der Waals surface area contributed by atoms with Gasteiger partial charge in [0.15, 0.2) is 0 Å². The van der Waals surface area contributed by atoms with Gasteiger partial charge in [0.2, 0.25) is 11.8 Å². The van der Waals surface area contributed by atoms with Crippen LogP contribution in [0.4, 0.5) is 11.4 Å². The summed E-state index contributed by atoms with van der Waals surface area (Å²) in [5.41, 5.74) is 2.24. The van der Waals surface area contributed by atoms with Crippen LogP contribution in [0.1, 0.15) is 39.7 Å². The molecule has 0 aliphatic carbocycles. The quantitative estimate of drug-likeness (QED) is 0.127. The van der Waals surface area contributed by atoms with Gasteiger partial charge in [-0.2, -0.15) is 0 Å². The van der Waals surface area contributed by atoms with E-state index in [0.29, 0.717) is 37.9 Å². The number of ether oxygens (including phenoxy) is 2. The molecule has 14 heteroatoms. The molecule has 3 rings (SSSR count). The van der Waals surface area contributed by atoms with Gasteiger partial charge in [-0.3, -0.25) is 9.59 Å². The van der Waals surface area contributed by atoms with E-state index in [-0.39, 0.29) is 17.7 Å². The molecule has 0 bridgehead atoms. The molecule has 0 saturated heterocycles. The second kappa shape index (κ2) is 20.7. The van der Waals surface area contributed by atoms with Crippen LogP contribution >= 0.6 is 46.4 Å². The molecule has 49 heavy (non-hydrogen) atoms. The van der Waals surface area contributed by atoms with E-state index in [2.05, 4.69) is 21.3 Å². The maximum atomic E-state index is 12.5. The molecule has 3 aromatic rings. The van der Waals surface area contributed by atoms with Crippen LogP contribution in [0.5, 0.6) is 0 Å². The average molecular weight is 757 g/mol. The maximum absolute atomic E-state index is 12.5. The number of anilines is 2. The van der Waals surface area contributed by atoms with Crippen molar-refractivity contribution < 1.29 is 28.7 Å². The van der Waals surface area contributed by atoms with E-state index in [4.69, 9.17) is 55.9 Å². The third-order valence-corrected chi connectivity index (χ3v) is 8.92. The summed E-state index contributed by atoms with van der Waals surface area (Å²) in [6.07, 6.45) is 1.09. The SMILES string of the molecule is CC[C@H](C)[C@H](NC(=O)[C@H](C)Nc1ccc(Cl)c(Cl)c1)C(=O)OC.COC(=O)[C@H](Cc1ccccc1)NC(=O)[C@H](C)Nc1ccc(Cl)c(Cl)c1. The highest BCUT2D eigenvalue weighted by atomic mass is 35.5. The number of rotatable bonds is 14. The Kier molecular flexibility index (Phi) is 17.5. The summed E-state index contributed by atoms with van der Waals surface area (Å²) >= 11 is 23.7. The van der Waals surface area contributed by atoms with Crippen molar-refractivity contribution in [3.05, 3.63) is 92.4 Å². The van der Waals surface area contributed by atoms with Crippen LogP contribution < -0.4 is 21.3 Å². The average Bonchev–Trinajstić information content (AvgIpc) is 3.09. The predicted molar refractivity (Wildman–Crippen MR) is 197 cm³/mol. The highest BCUT2D eigenvalue weighted by Gasteiger charge is 2.28. The van der Waals surface area contributed by atoms with Gasteiger partial charge in [0.05, 0.1) is 34.3 Å². The molecule has 4 N–H and O–H groups in total. The maximum Gasteiger partial charge on any atom is 0.328 e. The fourth-order valence-corrected chi connectivity index (χ4v) is 4.96. The first kappa shape index (κ1) is 41.5. The zero-order chi connectivity index (χ0) is 36.7. The van der Waals surface area contributed by atoms with Crippen molar-refractivity contribution in [2.45, 2.75) is 64.7 Å². The molecule has 0 heterocycles. The number of methoxy groups -OCH3 is 2. The predicted octanol–water partition coefficient (Wildman–Crippen LogP) is 7.19. The summed E-state index contributed by atoms with van der Waals surface area (Å²) < 4.78 is 9.56.